The molecule has 0 aliphatic heterocycles. The molecule has 4 rings (SSSR count). The minimum atomic E-state index is -0.122. The molecule has 2 aromatic carbocycles. The van der Waals surface area contributed by atoms with Crippen LogP contribution in [0.3, 0.4) is 0 Å². The van der Waals surface area contributed by atoms with Gasteiger partial charge < -0.3 is 14.0 Å². The fourth-order valence-corrected chi connectivity index (χ4v) is 3.71. The Morgan fingerprint density at radius 1 is 1.16 bits per heavy atom. The van der Waals surface area contributed by atoms with Gasteiger partial charge in [0.05, 0.1) is 23.4 Å². The predicted octanol–water partition coefficient (Wildman–Crippen LogP) is 5.01. The Hall–Kier alpha value is -4.11. The highest BCUT2D eigenvalue weighted by molar-refractivity contribution is 5.94. The van der Waals surface area contributed by atoms with Crippen molar-refractivity contribution < 1.29 is 9.53 Å². The van der Waals surface area contributed by atoms with Gasteiger partial charge in [0, 0.05) is 24.5 Å². The average molecular weight is 425 g/mol. The SMILES string of the molecule is CCN(C(=O)c1cccc(OCc2cn3ccccc3n2)c1)C(C)c1ccc(C#N)cc1. The number of carbonyl (C=O) groups is 1. The first-order valence-corrected chi connectivity index (χ1v) is 10.6. The summed E-state index contributed by atoms with van der Waals surface area (Å²) in [6.07, 6.45) is 3.88. The van der Waals surface area contributed by atoms with Crippen molar-refractivity contribution in [2.75, 3.05) is 6.54 Å². The Morgan fingerprint density at radius 2 is 1.97 bits per heavy atom. The first-order valence-electron chi connectivity index (χ1n) is 10.6. The Kier molecular flexibility index (Phi) is 6.18. The van der Waals surface area contributed by atoms with E-state index in [1.165, 1.54) is 0 Å². The summed E-state index contributed by atoms with van der Waals surface area (Å²) < 4.78 is 7.87. The number of nitriles is 1. The third-order valence-corrected chi connectivity index (χ3v) is 5.47. The van der Waals surface area contributed by atoms with Gasteiger partial charge in [-0.05, 0) is 61.9 Å². The first-order chi connectivity index (χ1) is 15.6. The number of carbonyl (C=O) groups excluding carboxylic acids is 1. The highest BCUT2D eigenvalue weighted by atomic mass is 16.5. The molecular formula is C26H24N4O2. The highest BCUT2D eigenvalue weighted by Crippen LogP contribution is 2.24. The molecule has 1 amide bonds. The minimum absolute atomic E-state index is 0.0671. The summed E-state index contributed by atoms with van der Waals surface area (Å²) in [5.74, 6) is 0.553. The van der Waals surface area contributed by atoms with Crippen molar-refractivity contribution in [3.63, 3.8) is 0 Å². The lowest BCUT2D eigenvalue weighted by Gasteiger charge is -2.28. The standard InChI is InChI=1S/C26H24N4O2/c1-3-30(19(2)21-12-10-20(16-27)11-13-21)26(31)22-7-6-8-24(15-22)32-18-23-17-29-14-5-4-9-25(29)28-23/h4-15,17,19H,3,18H2,1-2H3. The van der Waals surface area contributed by atoms with Gasteiger partial charge in [0.15, 0.2) is 0 Å². The van der Waals surface area contributed by atoms with E-state index in [1.807, 2.05) is 78.0 Å². The summed E-state index contributed by atoms with van der Waals surface area (Å²) in [6.45, 7) is 4.83. The molecule has 6 nitrogen and oxygen atoms in total. The lowest BCUT2D eigenvalue weighted by atomic mass is 10.0. The number of amides is 1. The van der Waals surface area contributed by atoms with E-state index in [2.05, 4.69) is 11.1 Å². The second-order valence-corrected chi connectivity index (χ2v) is 7.52. The van der Waals surface area contributed by atoms with Crippen LogP contribution in [0.15, 0.2) is 79.1 Å². The molecule has 4 aromatic rings. The Morgan fingerprint density at radius 3 is 2.69 bits per heavy atom. The van der Waals surface area contributed by atoms with Crippen LogP contribution in [0, 0.1) is 11.3 Å². The smallest absolute Gasteiger partial charge is 0.254 e. The van der Waals surface area contributed by atoms with E-state index in [-0.39, 0.29) is 11.9 Å². The molecule has 0 saturated heterocycles. The number of fused-ring (bicyclic) bond motifs is 1. The zero-order chi connectivity index (χ0) is 22.5. The molecule has 2 aromatic heterocycles. The van der Waals surface area contributed by atoms with Crippen molar-refractivity contribution >= 4 is 11.6 Å². The van der Waals surface area contributed by atoms with Gasteiger partial charge in [-0.1, -0.05) is 24.3 Å². The normalized spacial score (nSPS) is 11.7. The minimum Gasteiger partial charge on any atom is -0.487 e. The molecule has 0 spiro atoms. The molecular weight excluding hydrogens is 400 g/mol. The maximum atomic E-state index is 13.3. The Bertz CT molecular complexity index is 1240. The summed E-state index contributed by atoms with van der Waals surface area (Å²) in [5.41, 5.74) is 3.84. The van der Waals surface area contributed by atoms with Crippen LogP contribution in [0.5, 0.6) is 5.75 Å². The van der Waals surface area contributed by atoms with Gasteiger partial charge in [0.1, 0.15) is 18.0 Å². The molecule has 0 saturated carbocycles. The Balaban J connectivity index is 1.47. The molecule has 1 unspecified atom stereocenters. The molecule has 6 heteroatoms. The van der Waals surface area contributed by atoms with Gasteiger partial charge in [-0.15, -0.1) is 0 Å². The summed E-state index contributed by atoms with van der Waals surface area (Å²) in [6, 6.07) is 22.4. The van der Waals surface area contributed by atoms with E-state index in [0.717, 1.165) is 16.9 Å². The molecule has 0 bridgehead atoms. The zero-order valence-corrected chi connectivity index (χ0v) is 18.1. The zero-order valence-electron chi connectivity index (χ0n) is 18.1. The van der Waals surface area contributed by atoms with Gasteiger partial charge in [-0.2, -0.15) is 5.26 Å². The van der Waals surface area contributed by atoms with Crippen LogP contribution < -0.4 is 4.74 Å². The number of aromatic nitrogens is 2. The van der Waals surface area contributed by atoms with Crippen LogP contribution in [0.1, 0.15) is 47.1 Å². The molecule has 160 valence electrons. The van der Waals surface area contributed by atoms with Crippen LogP contribution in [-0.2, 0) is 6.61 Å². The lowest BCUT2D eigenvalue weighted by molar-refractivity contribution is 0.0702. The van der Waals surface area contributed by atoms with Crippen molar-refractivity contribution in [1.82, 2.24) is 14.3 Å². The lowest BCUT2D eigenvalue weighted by Crippen LogP contribution is -2.33. The topological polar surface area (TPSA) is 70.6 Å². The van der Waals surface area contributed by atoms with E-state index in [9.17, 15) is 4.79 Å². The maximum absolute atomic E-state index is 13.3. The number of hydrogen-bond acceptors (Lipinski definition) is 4. The molecule has 0 aliphatic carbocycles. The third kappa shape index (κ3) is 4.47. The number of nitrogens with zero attached hydrogens (tertiary/aromatic N) is 4. The number of benzene rings is 2. The number of pyridine rings is 1. The van der Waals surface area contributed by atoms with Crippen molar-refractivity contribution in [3.05, 3.63) is 102 Å². The van der Waals surface area contributed by atoms with Gasteiger partial charge in [0.25, 0.3) is 5.91 Å². The van der Waals surface area contributed by atoms with E-state index in [0.29, 0.717) is 30.0 Å². The highest BCUT2D eigenvalue weighted by Gasteiger charge is 2.21. The summed E-state index contributed by atoms with van der Waals surface area (Å²) in [7, 11) is 0. The average Bonchev–Trinajstić information content (AvgIpc) is 3.26. The number of ether oxygens (including phenoxy) is 1. The van der Waals surface area contributed by atoms with Gasteiger partial charge in [-0.25, -0.2) is 4.98 Å². The monoisotopic (exact) mass is 424 g/mol. The van der Waals surface area contributed by atoms with Crippen LogP contribution in [0.2, 0.25) is 0 Å². The van der Waals surface area contributed by atoms with E-state index in [1.54, 1.807) is 24.3 Å². The maximum Gasteiger partial charge on any atom is 0.254 e. The molecule has 1 atom stereocenters. The van der Waals surface area contributed by atoms with Crippen LogP contribution in [0.25, 0.3) is 5.65 Å². The van der Waals surface area contributed by atoms with Gasteiger partial charge in [0.2, 0.25) is 0 Å². The van der Waals surface area contributed by atoms with Crippen LogP contribution in [0.4, 0.5) is 0 Å². The number of rotatable bonds is 7. The van der Waals surface area contributed by atoms with Crippen molar-refractivity contribution in [2.45, 2.75) is 26.5 Å². The predicted molar refractivity (Wildman–Crippen MR) is 122 cm³/mol. The molecule has 32 heavy (non-hydrogen) atoms. The first kappa shape index (κ1) is 21.1. The van der Waals surface area contributed by atoms with Crippen LogP contribution >= 0.6 is 0 Å². The van der Waals surface area contributed by atoms with Crippen molar-refractivity contribution in [2.24, 2.45) is 0 Å². The molecule has 0 aliphatic rings. The van der Waals surface area contributed by atoms with E-state index in [4.69, 9.17) is 10.00 Å². The molecule has 0 radical (unpaired) electrons. The second kappa shape index (κ2) is 9.36. The van der Waals surface area contributed by atoms with Crippen LogP contribution in [-0.4, -0.2) is 26.7 Å². The summed E-state index contributed by atoms with van der Waals surface area (Å²) >= 11 is 0. The number of imidazole rings is 1. The van der Waals surface area contributed by atoms with Gasteiger partial charge in [-0.3, -0.25) is 4.79 Å². The largest absolute Gasteiger partial charge is 0.487 e. The molecule has 0 fully saturated rings. The van der Waals surface area contributed by atoms with Crippen molar-refractivity contribution in [1.29, 1.82) is 5.26 Å². The fourth-order valence-electron chi connectivity index (χ4n) is 3.71. The summed E-state index contributed by atoms with van der Waals surface area (Å²) in [5, 5.41) is 9.01. The van der Waals surface area contributed by atoms with Gasteiger partial charge >= 0.3 is 0 Å². The quantitative estimate of drug-likeness (QED) is 0.418. The van der Waals surface area contributed by atoms with E-state index < -0.39 is 0 Å². The molecule has 2 heterocycles. The fraction of sp³-hybridized carbons (Fsp3) is 0.192. The summed E-state index contributed by atoms with van der Waals surface area (Å²) in [4.78, 5) is 19.6. The van der Waals surface area contributed by atoms with E-state index >= 15 is 0 Å². The second-order valence-electron chi connectivity index (χ2n) is 7.52. The molecule has 0 N–H and O–H groups in total. The third-order valence-electron chi connectivity index (χ3n) is 5.47. The number of hydrogen-bond donors (Lipinski definition) is 0. The Labute approximate surface area is 187 Å². The van der Waals surface area contributed by atoms with Crippen molar-refractivity contribution in [3.8, 4) is 11.8 Å².